The maximum Gasteiger partial charge on any atom is 4.00 e. The van der Waals surface area contributed by atoms with Gasteiger partial charge in [0.05, 0.1) is 5.91 Å². The predicted octanol–water partition coefficient (Wildman–Crippen LogP) is 0.155. The minimum atomic E-state index is -0.593. The Morgan fingerprint density at radius 3 is 1.89 bits per heavy atom. The van der Waals surface area contributed by atoms with E-state index in [2.05, 4.69) is 55.6 Å². The van der Waals surface area contributed by atoms with Crippen molar-refractivity contribution in [3.8, 4) is 0 Å². The van der Waals surface area contributed by atoms with Gasteiger partial charge in [-0.1, -0.05) is 36.9 Å². The van der Waals surface area contributed by atoms with E-state index < -0.39 is 5.91 Å². The Morgan fingerprint density at radius 1 is 0.963 bits per heavy atom. The Balaban J connectivity index is -0.000000345. The average Bonchev–Trinajstić information content (AvgIpc) is 2.95. The van der Waals surface area contributed by atoms with E-state index in [1.54, 1.807) is 0 Å². The average molecular weight is 454 g/mol. The number of amides is 1. The summed E-state index contributed by atoms with van der Waals surface area (Å²) in [6, 6.07) is 18.5. The van der Waals surface area contributed by atoms with Gasteiger partial charge in [-0.3, -0.25) is 0 Å². The molecular formula is C21H25Cl2NOSiTi. The minimum Gasteiger partial charge on any atom is -1.00 e. The van der Waals surface area contributed by atoms with E-state index >= 15 is 0 Å². The maximum absolute atomic E-state index is 10.9. The van der Waals surface area contributed by atoms with Crippen LogP contribution in [0.5, 0.6) is 0 Å². The van der Waals surface area contributed by atoms with Gasteiger partial charge >= 0.3 is 21.7 Å². The summed E-state index contributed by atoms with van der Waals surface area (Å²) in [6.07, 6.45) is 0. The smallest absolute Gasteiger partial charge is 1.00 e. The molecule has 0 bridgehead atoms. The van der Waals surface area contributed by atoms with Crippen molar-refractivity contribution in [2.75, 3.05) is 0 Å². The second-order valence-electron chi connectivity index (χ2n) is 5.76. The molecule has 1 N–H and O–H groups in total. The minimum absolute atomic E-state index is 0. The number of nitrogens with one attached hydrogen (secondary N) is 1. The Labute approximate surface area is 193 Å². The zero-order chi connectivity index (χ0) is 18.1. The number of halogens is 2. The SMILES string of the molecule is C[Si]C.Cc1cc(C)c(C([NH-])=O)c(C)c1.[Cl-].[Cl-].[Ti+4].c1ccc2[cH-]ccc2c1. The van der Waals surface area contributed by atoms with Crippen LogP contribution < -0.4 is 24.8 Å². The van der Waals surface area contributed by atoms with Crippen LogP contribution in [-0.4, -0.2) is 15.4 Å². The molecule has 0 spiro atoms. The topological polar surface area (TPSA) is 40.9 Å². The molecule has 2 nitrogen and oxygen atoms in total. The number of carbonyl (C=O) groups excluding carboxylic acids is 1. The Hall–Kier alpha value is -0.969. The normalized spacial score (nSPS) is 8.48. The molecule has 0 aliphatic carbocycles. The van der Waals surface area contributed by atoms with Crippen LogP contribution in [0.3, 0.4) is 0 Å². The molecule has 6 heteroatoms. The van der Waals surface area contributed by atoms with E-state index in [0.717, 1.165) is 26.2 Å². The molecule has 142 valence electrons. The van der Waals surface area contributed by atoms with E-state index in [4.69, 9.17) is 5.73 Å². The second kappa shape index (κ2) is 16.0. The zero-order valence-electron chi connectivity index (χ0n) is 16.4. The van der Waals surface area contributed by atoms with Crippen molar-refractivity contribution >= 4 is 26.2 Å². The third kappa shape index (κ3) is 10.2. The summed E-state index contributed by atoms with van der Waals surface area (Å²) in [5.74, 6) is -0.593. The molecule has 0 aromatic heterocycles. The molecule has 0 saturated heterocycles. The molecule has 3 rings (SSSR count). The van der Waals surface area contributed by atoms with Gasteiger partial charge in [-0.25, -0.2) is 0 Å². The van der Waals surface area contributed by atoms with Crippen LogP contribution >= 0.6 is 0 Å². The first-order chi connectivity index (χ1) is 11.4. The van der Waals surface area contributed by atoms with E-state index in [0.29, 0.717) is 5.56 Å². The van der Waals surface area contributed by atoms with Crippen LogP contribution in [0.4, 0.5) is 0 Å². The molecule has 0 aliphatic heterocycles. The third-order valence-electron chi connectivity index (χ3n) is 3.45. The summed E-state index contributed by atoms with van der Waals surface area (Å²) in [5, 5.41) is 2.66. The molecule has 0 atom stereocenters. The standard InChI is InChI=1S/C10H13NO.C9H7.C2H6Si.2ClH.Ti/c1-6-4-7(2)9(10(11)12)8(3)5-6;1-2-5-9-7-3-6-8(9)4-1;1-3-2;;;/h4-5H,1-3H3,(H2,11,12);1-7H;1-2H3;2*1H;/q;-1;;;;+4/p-3. The van der Waals surface area contributed by atoms with Gasteiger partial charge in [-0.15, -0.1) is 29.7 Å². The molecule has 3 aromatic carbocycles. The number of rotatable bonds is 1. The quantitative estimate of drug-likeness (QED) is 0.382. The van der Waals surface area contributed by atoms with E-state index in [-0.39, 0.29) is 46.5 Å². The number of hydrogen-bond acceptors (Lipinski definition) is 1. The van der Waals surface area contributed by atoms with Gasteiger partial charge in [0.2, 0.25) is 0 Å². The molecule has 27 heavy (non-hydrogen) atoms. The summed E-state index contributed by atoms with van der Waals surface area (Å²) < 4.78 is 0. The number of hydrogen-bond donors (Lipinski definition) is 0. The molecule has 0 heterocycles. The predicted molar refractivity (Wildman–Crippen MR) is 106 cm³/mol. The number of aryl methyl sites for hydroxylation is 3. The summed E-state index contributed by atoms with van der Waals surface area (Å²) >= 11 is 0. The van der Waals surface area contributed by atoms with Gasteiger partial charge in [0.15, 0.2) is 0 Å². The zero-order valence-corrected chi connectivity index (χ0v) is 20.4. The third-order valence-corrected chi connectivity index (χ3v) is 3.45. The van der Waals surface area contributed by atoms with Gasteiger partial charge < -0.3 is 35.3 Å². The summed E-state index contributed by atoms with van der Waals surface area (Å²) in [6.45, 7) is 10.0. The van der Waals surface area contributed by atoms with Gasteiger partial charge in [0.1, 0.15) is 0 Å². The Morgan fingerprint density at radius 2 is 1.44 bits per heavy atom. The first-order valence-corrected chi connectivity index (χ1v) is 9.93. The summed E-state index contributed by atoms with van der Waals surface area (Å²) in [5.41, 5.74) is 10.5. The van der Waals surface area contributed by atoms with Crippen LogP contribution in [0.15, 0.2) is 54.6 Å². The van der Waals surface area contributed by atoms with Gasteiger partial charge in [-0.05, 0) is 31.9 Å². The number of fused-ring (bicyclic) bond motifs is 1. The van der Waals surface area contributed by atoms with Gasteiger partial charge in [0, 0.05) is 15.1 Å². The van der Waals surface area contributed by atoms with Crippen molar-refractivity contribution in [2.24, 2.45) is 0 Å². The molecular weight excluding hydrogens is 429 g/mol. The van der Waals surface area contributed by atoms with Gasteiger partial charge in [-0.2, -0.15) is 17.5 Å². The van der Waals surface area contributed by atoms with Crippen molar-refractivity contribution in [1.82, 2.24) is 0 Å². The fourth-order valence-electron chi connectivity index (χ4n) is 2.61. The molecule has 0 unspecified atom stereocenters. The fourth-order valence-corrected chi connectivity index (χ4v) is 2.61. The van der Waals surface area contributed by atoms with Crippen molar-refractivity contribution in [1.29, 1.82) is 0 Å². The van der Waals surface area contributed by atoms with Crippen molar-refractivity contribution in [2.45, 2.75) is 33.9 Å². The molecule has 1 amide bonds. The Bertz CT molecular complexity index is 752. The van der Waals surface area contributed by atoms with Crippen molar-refractivity contribution in [3.05, 3.63) is 82.6 Å². The number of carbonyl (C=O) groups is 1. The van der Waals surface area contributed by atoms with Crippen LogP contribution in [0.2, 0.25) is 13.1 Å². The second-order valence-corrected chi connectivity index (χ2v) is 6.76. The molecule has 2 radical (unpaired) electrons. The molecule has 0 saturated carbocycles. The van der Waals surface area contributed by atoms with Crippen LogP contribution in [-0.2, 0) is 21.7 Å². The molecule has 3 aromatic rings. The monoisotopic (exact) mass is 453 g/mol. The van der Waals surface area contributed by atoms with E-state index in [1.165, 1.54) is 10.8 Å². The van der Waals surface area contributed by atoms with E-state index in [1.807, 2.05) is 32.9 Å². The van der Waals surface area contributed by atoms with E-state index in [9.17, 15) is 4.79 Å². The summed E-state index contributed by atoms with van der Waals surface area (Å²) in [7, 11) is 1.08. The maximum atomic E-state index is 10.9. The van der Waals surface area contributed by atoms with Crippen LogP contribution in [0.1, 0.15) is 27.0 Å². The van der Waals surface area contributed by atoms with Crippen molar-refractivity contribution < 1.29 is 51.3 Å². The summed E-state index contributed by atoms with van der Waals surface area (Å²) in [4.78, 5) is 10.9. The number of benzene rings is 2. The van der Waals surface area contributed by atoms with Gasteiger partial charge in [0.25, 0.3) is 0 Å². The fraction of sp³-hybridized carbons (Fsp3) is 0.238. The molecule has 0 aliphatic rings. The molecule has 0 fully saturated rings. The first-order valence-electron chi connectivity index (χ1n) is 7.93. The van der Waals surface area contributed by atoms with Crippen LogP contribution in [0.25, 0.3) is 16.5 Å². The van der Waals surface area contributed by atoms with Crippen molar-refractivity contribution in [3.63, 3.8) is 0 Å². The van der Waals surface area contributed by atoms with Crippen LogP contribution in [0, 0.1) is 20.8 Å². The Kier molecular flexibility index (Phi) is 18.3. The largest absolute Gasteiger partial charge is 4.00 e. The first kappa shape index (κ1) is 30.7.